The average molecular weight is 249 g/mol. The van der Waals surface area contributed by atoms with Crippen molar-refractivity contribution in [2.75, 3.05) is 5.84 Å². The fraction of sp³-hybridized carbons (Fsp3) is 0.133. The van der Waals surface area contributed by atoms with E-state index in [1.807, 2.05) is 42.5 Å². The predicted molar refractivity (Wildman–Crippen MR) is 73.5 cm³/mol. The SMILES string of the molecule is N#CCCc1cccc2c1nc1ccccc1[n+]2N. The van der Waals surface area contributed by atoms with Gasteiger partial charge in [0.25, 0.3) is 11.0 Å². The first-order chi connectivity index (χ1) is 9.31. The third kappa shape index (κ3) is 1.85. The minimum atomic E-state index is 0.484. The number of hydrogen-bond acceptors (Lipinski definition) is 3. The first-order valence-corrected chi connectivity index (χ1v) is 6.15. The predicted octanol–water partition coefficient (Wildman–Crippen LogP) is 1.85. The molecule has 0 amide bonds. The van der Waals surface area contributed by atoms with E-state index in [1.165, 1.54) is 0 Å². The Balaban J connectivity index is 2.34. The monoisotopic (exact) mass is 249 g/mol. The number of nitrogens with two attached hydrogens (primary N) is 1. The van der Waals surface area contributed by atoms with Crippen LogP contribution in [0, 0.1) is 11.3 Å². The number of para-hydroxylation sites is 3. The Morgan fingerprint density at radius 1 is 1.11 bits per heavy atom. The van der Waals surface area contributed by atoms with Crippen molar-refractivity contribution in [3.05, 3.63) is 48.0 Å². The first kappa shape index (κ1) is 11.4. The molecular formula is C15H13N4+. The number of aryl methyl sites for hydroxylation is 1. The smallest absolute Gasteiger partial charge is 0.235 e. The van der Waals surface area contributed by atoms with Crippen LogP contribution in [0.2, 0.25) is 0 Å². The molecule has 19 heavy (non-hydrogen) atoms. The number of fused-ring (bicyclic) bond motifs is 2. The van der Waals surface area contributed by atoms with E-state index >= 15 is 0 Å². The lowest BCUT2D eigenvalue weighted by atomic mass is 10.1. The van der Waals surface area contributed by atoms with Crippen molar-refractivity contribution in [2.45, 2.75) is 12.8 Å². The maximum atomic E-state index is 8.73. The zero-order valence-electron chi connectivity index (χ0n) is 10.4. The fourth-order valence-electron chi connectivity index (χ4n) is 2.31. The summed E-state index contributed by atoms with van der Waals surface area (Å²) in [6, 6.07) is 15.8. The number of hydrogen-bond donors (Lipinski definition) is 1. The molecule has 0 saturated heterocycles. The summed E-state index contributed by atoms with van der Waals surface area (Å²) in [6.45, 7) is 0. The van der Waals surface area contributed by atoms with Crippen LogP contribution in [0.15, 0.2) is 42.5 Å². The molecule has 3 rings (SSSR count). The van der Waals surface area contributed by atoms with Gasteiger partial charge in [-0.1, -0.05) is 28.9 Å². The molecular weight excluding hydrogens is 236 g/mol. The molecule has 0 saturated carbocycles. The first-order valence-electron chi connectivity index (χ1n) is 6.15. The van der Waals surface area contributed by atoms with E-state index in [0.29, 0.717) is 12.8 Å². The zero-order valence-corrected chi connectivity index (χ0v) is 10.4. The summed E-state index contributed by atoms with van der Waals surface area (Å²) < 4.78 is 1.66. The molecule has 0 radical (unpaired) electrons. The van der Waals surface area contributed by atoms with Crippen LogP contribution < -0.4 is 10.5 Å². The summed E-state index contributed by atoms with van der Waals surface area (Å²) in [4.78, 5) is 4.68. The molecule has 2 aromatic carbocycles. The minimum Gasteiger partial charge on any atom is -0.235 e. The van der Waals surface area contributed by atoms with E-state index in [2.05, 4.69) is 11.1 Å². The minimum absolute atomic E-state index is 0.484. The van der Waals surface area contributed by atoms with Gasteiger partial charge in [0.05, 0.1) is 6.07 Å². The van der Waals surface area contributed by atoms with Crippen LogP contribution in [-0.4, -0.2) is 4.98 Å². The van der Waals surface area contributed by atoms with Crippen LogP contribution in [0.1, 0.15) is 12.0 Å². The van der Waals surface area contributed by atoms with Crippen molar-refractivity contribution in [1.29, 1.82) is 5.26 Å². The Bertz CT molecular complexity index is 802. The van der Waals surface area contributed by atoms with Crippen molar-refractivity contribution in [3.63, 3.8) is 0 Å². The Morgan fingerprint density at radius 2 is 1.89 bits per heavy atom. The molecule has 0 aliphatic carbocycles. The third-order valence-corrected chi connectivity index (χ3v) is 3.24. The Kier molecular flexibility index (Phi) is 2.73. The summed E-state index contributed by atoms with van der Waals surface area (Å²) in [7, 11) is 0. The summed E-state index contributed by atoms with van der Waals surface area (Å²) >= 11 is 0. The number of benzene rings is 2. The largest absolute Gasteiger partial charge is 0.261 e. The molecule has 2 N–H and O–H groups in total. The lowest BCUT2D eigenvalue weighted by Gasteiger charge is -2.04. The van der Waals surface area contributed by atoms with Crippen LogP contribution in [0.3, 0.4) is 0 Å². The lowest BCUT2D eigenvalue weighted by Crippen LogP contribution is -2.46. The van der Waals surface area contributed by atoms with Crippen LogP contribution in [0.25, 0.3) is 22.1 Å². The Hall–Kier alpha value is -2.67. The highest BCUT2D eigenvalue weighted by atomic mass is 15.3. The molecule has 0 unspecified atom stereocenters. The molecule has 0 bridgehead atoms. The molecule has 4 nitrogen and oxygen atoms in total. The highest BCUT2D eigenvalue weighted by molar-refractivity contribution is 5.83. The van der Waals surface area contributed by atoms with Crippen LogP contribution >= 0.6 is 0 Å². The average Bonchev–Trinajstić information content (AvgIpc) is 2.46. The maximum Gasteiger partial charge on any atom is 0.261 e. The molecule has 0 fully saturated rings. The summed E-state index contributed by atoms with van der Waals surface area (Å²) in [5.74, 6) is 6.16. The van der Waals surface area contributed by atoms with Gasteiger partial charge in [-0.2, -0.15) is 5.26 Å². The Labute approximate surface area is 110 Å². The normalized spacial score (nSPS) is 10.7. The van der Waals surface area contributed by atoms with Crippen LogP contribution in [0.5, 0.6) is 0 Å². The van der Waals surface area contributed by atoms with Gasteiger partial charge in [-0.3, -0.25) is 0 Å². The summed E-state index contributed by atoms with van der Waals surface area (Å²) in [5.41, 5.74) is 4.58. The Morgan fingerprint density at radius 3 is 2.74 bits per heavy atom. The number of aromatic nitrogens is 2. The van der Waals surface area contributed by atoms with Gasteiger partial charge in [-0.25, -0.2) is 10.8 Å². The van der Waals surface area contributed by atoms with Gasteiger partial charge in [-0.15, -0.1) is 0 Å². The maximum absolute atomic E-state index is 8.73. The second-order valence-electron chi connectivity index (χ2n) is 4.41. The van der Waals surface area contributed by atoms with Crippen molar-refractivity contribution in [1.82, 2.24) is 4.98 Å². The van der Waals surface area contributed by atoms with Gasteiger partial charge < -0.3 is 0 Å². The summed E-state index contributed by atoms with van der Waals surface area (Å²) in [5, 5.41) is 8.73. The number of rotatable bonds is 2. The van der Waals surface area contributed by atoms with Crippen molar-refractivity contribution >= 4 is 22.1 Å². The molecule has 1 heterocycles. The molecule has 4 heteroatoms. The number of nitrogen functional groups attached to an aromatic ring is 1. The second-order valence-corrected chi connectivity index (χ2v) is 4.41. The van der Waals surface area contributed by atoms with Gasteiger partial charge in [0, 0.05) is 18.6 Å². The van der Waals surface area contributed by atoms with Gasteiger partial charge in [0.2, 0.25) is 0 Å². The van der Waals surface area contributed by atoms with Crippen LogP contribution in [-0.2, 0) is 6.42 Å². The molecule has 92 valence electrons. The quantitative estimate of drug-likeness (QED) is 0.428. The summed E-state index contributed by atoms with van der Waals surface area (Å²) in [6.07, 6.45) is 1.18. The third-order valence-electron chi connectivity index (χ3n) is 3.24. The molecule has 1 aromatic heterocycles. The highest BCUT2D eigenvalue weighted by Crippen LogP contribution is 2.18. The number of nitrogens with zero attached hydrogens (tertiary/aromatic N) is 3. The van der Waals surface area contributed by atoms with Gasteiger partial charge in [0.15, 0.2) is 0 Å². The van der Waals surface area contributed by atoms with E-state index in [-0.39, 0.29) is 0 Å². The van der Waals surface area contributed by atoms with E-state index in [9.17, 15) is 0 Å². The van der Waals surface area contributed by atoms with E-state index in [1.54, 1.807) is 4.68 Å². The molecule has 0 atom stereocenters. The van der Waals surface area contributed by atoms with Crippen molar-refractivity contribution < 1.29 is 4.68 Å². The fourth-order valence-corrected chi connectivity index (χ4v) is 2.31. The van der Waals surface area contributed by atoms with Crippen molar-refractivity contribution in [3.8, 4) is 6.07 Å². The number of nitriles is 1. The second kappa shape index (κ2) is 4.54. The van der Waals surface area contributed by atoms with Gasteiger partial charge in [0.1, 0.15) is 11.0 Å². The molecule has 3 aromatic rings. The van der Waals surface area contributed by atoms with Crippen LogP contribution in [0.4, 0.5) is 0 Å². The van der Waals surface area contributed by atoms with Gasteiger partial charge in [-0.05, 0) is 18.1 Å². The lowest BCUT2D eigenvalue weighted by molar-refractivity contribution is -0.583. The highest BCUT2D eigenvalue weighted by Gasteiger charge is 2.15. The molecule has 0 aliphatic heterocycles. The van der Waals surface area contributed by atoms with E-state index in [0.717, 1.165) is 27.6 Å². The molecule has 0 aliphatic rings. The van der Waals surface area contributed by atoms with Gasteiger partial charge >= 0.3 is 0 Å². The van der Waals surface area contributed by atoms with E-state index in [4.69, 9.17) is 11.1 Å². The zero-order chi connectivity index (χ0) is 13.2. The van der Waals surface area contributed by atoms with Crippen molar-refractivity contribution in [2.24, 2.45) is 0 Å². The standard InChI is InChI=1S/C15H13N4/c16-10-4-6-11-5-3-9-14-15(11)18-12-7-1-2-8-13(12)19(14)17/h1-3,5,7-9H,4,6H2,(H2,17,18)/q+1. The topological polar surface area (TPSA) is 66.6 Å². The van der Waals surface area contributed by atoms with E-state index < -0.39 is 0 Å². The molecule has 0 spiro atoms.